The Morgan fingerprint density at radius 3 is 2.39 bits per heavy atom. The molecule has 158 valence electrons. The van der Waals surface area contributed by atoms with Crippen LogP contribution in [0.3, 0.4) is 0 Å². The summed E-state index contributed by atoms with van der Waals surface area (Å²) < 4.78 is 1.37. The molecule has 3 aromatic rings. The molecule has 0 aliphatic heterocycles. The lowest BCUT2D eigenvalue weighted by atomic mass is 10.2. The quantitative estimate of drug-likeness (QED) is 0.167. The average Bonchev–Trinajstić information content (AvgIpc) is 2.77. The maximum atomic E-state index is 13.2. The molecule has 0 bridgehead atoms. The fourth-order valence-corrected chi connectivity index (χ4v) is 3.88. The summed E-state index contributed by atoms with van der Waals surface area (Å²) in [6.45, 7) is 8.08. The van der Waals surface area contributed by atoms with E-state index in [0.717, 1.165) is 11.8 Å². The Morgan fingerprint density at radius 2 is 1.77 bits per heavy atom. The largest absolute Gasteiger partial charge is 0.335 e. The van der Waals surface area contributed by atoms with Crippen LogP contribution in [0.25, 0.3) is 16.6 Å². The molecule has 9 heteroatoms. The number of rotatable bonds is 9. The monoisotopic (exact) mass is 436 g/mol. The molecule has 8 nitrogen and oxygen atoms in total. The topological polar surface area (TPSA) is 98.3 Å². The third-order valence-electron chi connectivity index (χ3n) is 4.44. The fraction of sp³-hybridized carbons (Fsp3) is 0.136. The number of fused-ring (bicyclic) bond motifs is 1. The van der Waals surface area contributed by atoms with Crippen LogP contribution in [0.2, 0.25) is 0 Å². The highest BCUT2D eigenvalue weighted by atomic mass is 32.2. The molecule has 0 spiro atoms. The molecule has 1 aromatic heterocycles. The van der Waals surface area contributed by atoms with E-state index in [2.05, 4.69) is 18.1 Å². The van der Waals surface area contributed by atoms with E-state index in [4.69, 9.17) is 0 Å². The van der Waals surface area contributed by atoms with Gasteiger partial charge in [0.15, 0.2) is 5.16 Å². The smallest absolute Gasteiger partial charge is 0.269 e. The number of carbonyl (C=O) groups excluding carboxylic acids is 1. The minimum Gasteiger partial charge on any atom is -0.335 e. The number of hydrogen-bond acceptors (Lipinski definition) is 6. The molecule has 1 amide bonds. The molecule has 0 unspecified atom stereocenters. The van der Waals surface area contributed by atoms with E-state index in [0.29, 0.717) is 34.8 Å². The van der Waals surface area contributed by atoms with E-state index in [1.807, 2.05) is 0 Å². The van der Waals surface area contributed by atoms with Gasteiger partial charge in [0.25, 0.3) is 11.2 Å². The number of nitro groups is 1. The van der Waals surface area contributed by atoms with E-state index in [1.54, 1.807) is 41.3 Å². The van der Waals surface area contributed by atoms with Gasteiger partial charge in [-0.1, -0.05) is 36.0 Å². The molecule has 1 heterocycles. The minimum absolute atomic E-state index is 0.0550. The Balaban J connectivity index is 2.03. The van der Waals surface area contributed by atoms with Crippen LogP contribution in [-0.4, -0.2) is 44.1 Å². The van der Waals surface area contributed by atoms with Gasteiger partial charge in [0.05, 0.1) is 27.3 Å². The predicted octanol–water partition coefficient (Wildman–Crippen LogP) is 3.59. The number of thioether (sulfide) groups is 1. The van der Waals surface area contributed by atoms with Crippen molar-refractivity contribution >= 4 is 34.3 Å². The normalized spacial score (nSPS) is 10.6. The highest BCUT2D eigenvalue weighted by molar-refractivity contribution is 7.99. The second-order valence-electron chi connectivity index (χ2n) is 6.49. The number of nitro benzene ring substituents is 1. The zero-order valence-corrected chi connectivity index (χ0v) is 17.5. The number of nitrogens with zero attached hydrogens (tertiary/aromatic N) is 4. The van der Waals surface area contributed by atoms with Crippen LogP contribution >= 0.6 is 11.8 Å². The maximum absolute atomic E-state index is 13.2. The Labute approximate surface area is 182 Å². The van der Waals surface area contributed by atoms with Crippen molar-refractivity contribution in [1.29, 1.82) is 0 Å². The zero-order chi connectivity index (χ0) is 22.4. The molecular weight excluding hydrogens is 416 g/mol. The molecule has 3 rings (SSSR count). The number of aromatic nitrogens is 2. The molecule has 0 atom stereocenters. The maximum Gasteiger partial charge on any atom is 0.269 e. The summed E-state index contributed by atoms with van der Waals surface area (Å²) in [6.07, 6.45) is 3.26. The fourth-order valence-electron chi connectivity index (χ4n) is 2.97. The summed E-state index contributed by atoms with van der Waals surface area (Å²) in [6, 6.07) is 12.5. The Morgan fingerprint density at radius 1 is 1.13 bits per heavy atom. The van der Waals surface area contributed by atoms with Gasteiger partial charge >= 0.3 is 0 Å². The van der Waals surface area contributed by atoms with Gasteiger partial charge in [0.2, 0.25) is 5.91 Å². The van der Waals surface area contributed by atoms with Gasteiger partial charge in [-0.25, -0.2) is 4.98 Å². The first kappa shape index (κ1) is 22.0. The summed E-state index contributed by atoms with van der Waals surface area (Å²) in [7, 11) is 0. The van der Waals surface area contributed by atoms with Crippen LogP contribution in [0, 0.1) is 10.1 Å². The van der Waals surface area contributed by atoms with Crippen molar-refractivity contribution in [2.24, 2.45) is 0 Å². The van der Waals surface area contributed by atoms with Gasteiger partial charge < -0.3 is 4.90 Å². The third-order valence-corrected chi connectivity index (χ3v) is 5.36. The first-order valence-corrected chi connectivity index (χ1v) is 10.3. The summed E-state index contributed by atoms with van der Waals surface area (Å²) in [5, 5.41) is 11.7. The third kappa shape index (κ3) is 4.89. The molecular formula is C22H20N4O4S. The van der Waals surface area contributed by atoms with Gasteiger partial charge in [-0.3, -0.25) is 24.3 Å². The van der Waals surface area contributed by atoms with Gasteiger partial charge in [0.1, 0.15) is 0 Å². The van der Waals surface area contributed by atoms with E-state index in [9.17, 15) is 19.7 Å². The molecule has 0 radical (unpaired) electrons. The van der Waals surface area contributed by atoms with Crippen LogP contribution < -0.4 is 5.56 Å². The second kappa shape index (κ2) is 9.86. The molecule has 0 aliphatic rings. The lowest BCUT2D eigenvalue weighted by molar-refractivity contribution is -0.384. The Hall–Kier alpha value is -3.72. The van der Waals surface area contributed by atoms with Crippen molar-refractivity contribution in [2.45, 2.75) is 5.16 Å². The molecule has 0 N–H and O–H groups in total. The Kier molecular flexibility index (Phi) is 6.99. The second-order valence-corrected chi connectivity index (χ2v) is 7.43. The van der Waals surface area contributed by atoms with Gasteiger partial charge in [-0.05, 0) is 24.3 Å². The lowest BCUT2D eigenvalue weighted by Gasteiger charge is -2.19. The molecule has 0 saturated carbocycles. The summed E-state index contributed by atoms with van der Waals surface area (Å²) in [5.74, 6) is -0.0955. The highest BCUT2D eigenvalue weighted by Crippen LogP contribution is 2.23. The Bertz CT molecular complexity index is 1190. The van der Waals surface area contributed by atoms with Crippen LogP contribution in [0.4, 0.5) is 5.69 Å². The first-order valence-electron chi connectivity index (χ1n) is 9.35. The van der Waals surface area contributed by atoms with Gasteiger partial charge in [-0.2, -0.15) is 0 Å². The van der Waals surface area contributed by atoms with Crippen LogP contribution in [0.1, 0.15) is 0 Å². The average molecular weight is 436 g/mol. The summed E-state index contributed by atoms with van der Waals surface area (Å²) >= 11 is 1.13. The molecule has 0 fully saturated rings. The summed E-state index contributed by atoms with van der Waals surface area (Å²) in [5.41, 5.74) is 0.537. The number of para-hydroxylation sites is 1. The van der Waals surface area contributed by atoms with Crippen LogP contribution in [0.5, 0.6) is 0 Å². The standard InChI is InChI=1S/C22H20N4O4S/c1-3-13-24(14-4-2)20(27)15-31-22-23-19-8-6-5-7-18(19)21(28)25(22)16-9-11-17(12-10-16)26(29)30/h3-12H,1-2,13-15H2. The molecule has 2 aromatic carbocycles. The lowest BCUT2D eigenvalue weighted by Crippen LogP contribution is -2.33. The number of hydrogen-bond donors (Lipinski definition) is 0. The van der Waals surface area contributed by atoms with Crippen molar-refractivity contribution < 1.29 is 9.72 Å². The minimum atomic E-state index is -0.507. The predicted molar refractivity (Wildman–Crippen MR) is 122 cm³/mol. The van der Waals surface area contributed by atoms with Crippen LogP contribution in [-0.2, 0) is 4.79 Å². The van der Waals surface area contributed by atoms with E-state index < -0.39 is 4.92 Å². The highest BCUT2D eigenvalue weighted by Gasteiger charge is 2.17. The molecule has 0 saturated heterocycles. The molecule has 0 aliphatic carbocycles. The molecule has 31 heavy (non-hydrogen) atoms. The van der Waals surface area contributed by atoms with Gasteiger partial charge in [-0.15, -0.1) is 13.2 Å². The SMILES string of the molecule is C=CCN(CC=C)C(=O)CSc1nc2ccccc2c(=O)n1-c1ccc([N+](=O)[O-])cc1. The van der Waals surface area contributed by atoms with E-state index >= 15 is 0 Å². The van der Waals surface area contributed by atoms with Crippen molar-refractivity contribution in [3.63, 3.8) is 0 Å². The summed E-state index contributed by atoms with van der Waals surface area (Å²) in [4.78, 5) is 42.5. The number of amides is 1. The zero-order valence-electron chi connectivity index (χ0n) is 16.6. The number of carbonyl (C=O) groups is 1. The van der Waals surface area contributed by atoms with E-state index in [1.165, 1.54) is 28.8 Å². The number of non-ortho nitro benzene ring substituents is 1. The van der Waals surface area contributed by atoms with Crippen molar-refractivity contribution in [2.75, 3.05) is 18.8 Å². The first-order chi connectivity index (χ1) is 15.0. The number of benzene rings is 2. The van der Waals surface area contributed by atoms with E-state index in [-0.39, 0.29) is 22.9 Å². The van der Waals surface area contributed by atoms with Crippen molar-refractivity contribution in [3.05, 3.63) is 94.3 Å². The van der Waals surface area contributed by atoms with Gasteiger partial charge in [0, 0.05) is 25.2 Å². The van der Waals surface area contributed by atoms with Crippen LogP contribution in [0.15, 0.2) is 83.8 Å². The van der Waals surface area contributed by atoms with Crippen molar-refractivity contribution in [1.82, 2.24) is 14.5 Å². The van der Waals surface area contributed by atoms with Crippen molar-refractivity contribution in [3.8, 4) is 5.69 Å².